The van der Waals surface area contributed by atoms with Gasteiger partial charge in [-0.25, -0.2) is 0 Å². The van der Waals surface area contributed by atoms with E-state index in [0.717, 1.165) is 46.8 Å². The Morgan fingerprint density at radius 2 is 1.90 bits per heavy atom. The van der Waals surface area contributed by atoms with Gasteiger partial charge >= 0.3 is 6.18 Å². The number of para-hydroxylation sites is 1. The van der Waals surface area contributed by atoms with Crippen molar-refractivity contribution in [2.45, 2.75) is 31.9 Å². The van der Waals surface area contributed by atoms with Gasteiger partial charge < -0.3 is 14.5 Å². The maximum absolute atomic E-state index is 12.8. The number of nitrogens with one attached hydrogen (secondary N) is 1. The van der Waals surface area contributed by atoms with Crippen LogP contribution in [0.25, 0.3) is 0 Å². The maximum atomic E-state index is 12.8. The summed E-state index contributed by atoms with van der Waals surface area (Å²) in [6, 6.07) is 8.47. The first kappa shape index (κ1) is 23.0. The first-order valence-corrected chi connectivity index (χ1v) is 10.3. The lowest BCUT2D eigenvalue weighted by molar-refractivity contribution is -0.137. The minimum absolute atomic E-state index is 0.00456. The number of ether oxygens (including phenoxy) is 1. The van der Waals surface area contributed by atoms with Gasteiger partial charge in [0.25, 0.3) is 11.1 Å². The van der Waals surface area contributed by atoms with E-state index in [9.17, 15) is 18.0 Å². The van der Waals surface area contributed by atoms with Crippen molar-refractivity contribution in [2.75, 3.05) is 11.1 Å². The number of aryl methyl sites for hydroxylation is 2. The molecule has 164 valence electrons. The summed E-state index contributed by atoms with van der Waals surface area (Å²) < 4.78 is 49.6. The van der Waals surface area contributed by atoms with E-state index in [1.807, 2.05) is 32.0 Å². The highest BCUT2D eigenvalue weighted by Gasteiger charge is 2.31. The molecule has 0 aliphatic heterocycles. The first-order valence-electron chi connectivity index (χ1n) is 8.94. The molecule has 0 radical (unpaired) electrons. The maximum Gasteiger partial charge on any atom is 0.416 e. The van der Waals surface area contributed by atoms with Crippen LogP contribution in [0.2, 0.25) is 5.02 Å². The molecule has 31 heavy (non-hydrogen) atoms. The third-order valence-corrected chi connectivity index (χ3v) is 5.24. The van der Waals surface area contributed by atoms with Crippen LogP contribution in [-0.2, 0) is 17.6 Å². The van der Waals surface area contributed by atoms with E-state index in [1.54, 1.807) is 0 Å². The Morgan fingerprint density at radius 3 is 2.58 bits per heavy atom. The van der Waals surface area contributed by atoms with Crippen LogP contribution in [0, 0.1) is 13.8 Å². The summed E-state index contributed by atoms with van der Waals surface area (Å²) in [5.41, 5.74) is 0.902. The Kier molecular flexibility index (Phi) is 7.11. The van der Waals surface area contributed by atoms with Crippen molar-refractivity contribution in [2.24, 2.45) is 0 Å². The number of amides is 1. The quantitative estimate of drug-likeness (QED) is 0.447. The van der Waals surface area contributed by atoms with Crippen LogP contribution in [0.1, 0.15) is 22.6 Å². The fourth-order valence-corrected chi connectivity index (χ4v) is 3.37. The van der Waals surface area contributed by atoms with Gasteiger partial charge in [-0.15, -0.1) is 10.2 Å². The summed E-state index contributed by atoms with van der Waals surface area (Å²) >= 11 is 6.81. The number of nitrogens with zero attached hydrogens (tertiary/aromatic N) is 2. The zero-order valence-corrected chi connectivity index (χ0v) is 18.0. The zero-order chi connectivity index (χ0) is 22.6. The van der Waals surface area contributed by atoms with Gasteiger partial charge in [0.2, 0.25) is 5.91 Å². The third-order valence-electron chi connectivity index (χ3n) is 4.09. The number of carbonyl (C=O) groups is 1. The highest BCUT2D eigenvalue weighted by atomic mass is 35.5. The van der Waals surface area contributed by atoms with E-state index in [0.29, 0.717) is 0 Å². The molecule has 3 rings (SSSR count). The van der Waals surface area contributed by atoms with Crippen LogP contribution < -0.4 is 10.1 Å². The molecular formula is C20H17ClF3N3O3S. The molecule has 3 aromatic rings. The zero-order valence-electron chi connectivity index (χ0n) is 16.4. The van der Waals surface area contributed by atoms with E-state index < -0.39 is 17.6 Å². The fraction of sp³-hybridized carbons (Fsp3) is 0.250. The fourth-order valence-electron chi connectivity index (χ4n) is 2.63. The standard InChI is InChI=1S/C20H17ClF3N3O3S/c1-11-4-3-5-12(2)18(11)29-9-17-26-27-19(30-17)31-10-16(28)25-15-8-13(20(22,23)24)6-7-14(15)21/h3-8H,9-10H2,1-2H3,(H,25,28). The summed E-state index contributed by atoms with van der Waals surface area (Å²) in [6.45, 7) is 3.91. The average molecular weight is 472 g/mol. The number of thioether (sulfide) groups is 1. The molecule has 0 saturated heterocycles. The van der Waals surface area contributed by atoms with Gasteiger partial charge in [-0.3, -0.25) is 4.79 Å². The third kappa shape index (κ3) is 6.14. The molecule has 0 atom stereocenters. The molecule has 11 heteroatoms. The Morgan fingerprint density at radius 1 is 1.19 bits per heavy atom. The van der Waals surface area contributed by atoms with Gasteiger partial charge in [0.1, 0.15) is 5.75 Å². The Hall–Kier alpha value is -2.72. The number of rotatable bonds is 7. The second-order valence-corrected chi connectivity index (χ2v) is 7.83. The molecule has 0 bridgehead atoms. The highest BCUT2D eigenvalue weighted by Crippen LogP contribution is 2.34. The lowest BCUT2D eigenvalue weighted by atomic mass is 10.1. The Labute approximate surface area is 185 Å². The molecule has 0 aliphatic carbocycles. The lowest BCUT2D eigenvalue weighted by Crippen LogP contribution is -2.15. The molecule has 6 nitrogen and oxygen atoms in total. The van der Waals surface area contributed by atoms with Crippen molar-refractivity contribution < 1.29 is 27.1 Å². The van der Waals surface area contributed by atoms with Crippen LogP contribution in [0.15, 0.2) is 46.0 Å². The predicted octanol–water partition coefficient (Wildman–Crippen LogP) is 5.67. The predicted molar refractivity (Wildman–Crippen MR) is 110 cm³/mol. The largest absolute Gasteiger partial charge is 0.483 e. The van der Waals surface area contributed by atoms with Crippen LogP contribution in [0.4, 0.5) is 18.9 Å². The molecule has 1 amide bonds. The molecule has 0 spiro atoms. The summed E-state index contributed by atoms with van der Waals surface area (Å²) in [4.78, 5) is 12.1. The van der Waals surface area contributed by atoms with Gasteiger partial charge in [0, 0.05) is 0 Å². The molecule has 0 aliphatic rings. The topological polar surface area (TPSA) is 77.2 Å². The van der Waals surface area contributed by atoms with E-state index in [2.05, 4.69) is 15.5 Å². The number of carbonyl (C=O) groups excluding carboxylic acids is 1. The second kappa shape index (κ2) is 9.61. The van der Waals surface area contributed by atoms with Gasteiger partial charge in [0.15, 0.2) is 6.61 Å². The van der Waals surface area contributed by atoms with Gasteiger partial charge in [0.05, 0.1) is 22.0 Å². The van der Waals surface area contributed by atoms with Crippen molar-refractivity contribution >= 4 is 35.0 Å². The van der Waals surface area contributed by atoms with Crippen LogP contribution in [0.3, 0.4) is 0 Å². The molecule has 0 unspecified atom stereocenters. The number of anilines is 1. The monoisotopic (exact) mass is 471 g/mol. The van der Waals surface area contributed by atoms with Crippen LogP contribution in [0.5, 0.6) is 5.75 Å². The van der Waals surface area contributed by atoms with Gasteiger partial charge in [-0.2, -0.15) is 13.2 Å². The summed E-state index contributed by atoms with van der Waals surface area (Å²) in [5, 5.41) is 10.2. The number of benzene rings is 2. The minimum atomic E-state index is -4.54. The molecule has 0 saturated carbocycles. The average Bonchev–Trinajstić information content (AvgIpc) is 3.15. The van der Waals surface area contributed by atoms with Gasteiger partial charge in [-0.05, 0) is 43.2 Å². The normalized spacial score (nSPS) is 11.4. The number of alkyl halides is 3. The Bertz CT molecular complexity index is 1070. The lowest BCUT2D eigenvalue weighted by Gasteiger charge is -2.11. The van der Waals surface area contributed by atoms with Crippen LogP contribution >= 0.6 is 23.4 Å². The molecule has 0 fully saturated rings. The van der Waals surface area contributed by atoms with Crippen molar-refractivity contribution in [3.05, 3.63) is 64.0 Å². The molecule has 1 heterocycles. The smallest absolute Gasteiger partial charge is 0.416 e. The number of halogens is 4. The molecule has 1 aromatic heterocycles. The van der Waals surface area contributed by atoms with E-state index in [-0.39, 0.29) is 34.2 Å². The van der Waals surface area contributed by atoms with Crippen molar-refractivity contribution in [1.29, 1.82) is 0 Å². The number of hydrogen-bond acceptors (Lipinski definition) is 6. The summed E-state index contributed by atoms with van der Waals surface area (Å²) in [6.07, 6.45) is -4.54. The van der Waals surface area contributed by atoms with Crippen LogP contribution in [-0.4, -0.2) is 21.9 Å². The molecule has 1 N–H and O–H groups in total. The highest BCUT2D eigenvalue weighted by molar-refractivity contribution is 7.99. The van der Waals surface area contributed by atoms with Crippen molar-refractivity contribution in [3.63, 3.8) is 0 Å². The SMILES string of the molecule is Cc1cccc(C)c1OCc1nnc(SCC(=O)Nc2cc(C(F)(F)F)ccc2Cl)o1. The summed E-state index contributed by atoms with van der Waals surface area (Å²) in [7, 11) is 0. The first-order chi connectivity index (χ1) is 14.6. The minimum Gasteiger partial charge on any atom is -0.483 e. The number of aromatic nitrogens is 2. The molecular weight excluding hydrogens is 455 g/mol. The van der Waals surface area contributed by atoms with E-state index in [1.165, 1.54) is 0 Å². The summed E-state index contributed by atoms with van der Waals surface area (Å²) in [5.74, 6) is 0.225. The molecule has 2 aromatic carbocycles. The van der Waals surface area contributed by atoms with E-state index >= 15 is 0 Å². The van der Waals surface area contributed by atoms with Crippen molar-refractivity contribution in [3.8, 4) is 5.75 Å². The van der Waals surface area contributed by atoms with Crippen molar-refractivity contribution in [1.82, 2.24) is 10.2 Å². The van der Waals surface area contributed by atoms with E-state index in [4.69, 9.17) is 20.8 Å². The van der Waals surface area contributed by atoms with Gasteiger partial charge in [-0.1, -0.05) is 41.6 Å². The number of hydrogen-bond donors (Lipinski definition) is 1. The second-order valence-electron chi connectivity index (χ2n) is 6.50. The Balaban J connectivity index is 1.54.